The third kappa shape index (κ3) is 4.25. The molecule has 2 aliphatic rings. The molecule has 0 bridgehead atoms. The molecule has 0 saturated carbocycles. The fourth-order valence-electron chi connectivity index (χ4n) is 3.24. The standard InChI is InChI=1S/C16H21N5O5S/c1-8-12(19-16(25)26-8)14(23)20-13(22)11-3-2-4-21(11)15(24)10(17)5-9-6-27-7-18-9/h6-8,10-12H,2-5,17H2,1H3,(H,19,25)(H,20,22,23)/t8-,10-,11-,12-/m0/s1. The van der Waals surface area contributed by atoms with E-state index in [0.717, 1.165) is 5.69 Å². The molecule has 11 heteroatoms. The lowest BCUT2D eigenvalue weighted by Crippen LogP contribution is -2.55. The first-order valence-corrected chi connectivity index (χ1v) is 9.56. The normalized spacial score (nSPS) is 25.6. The van der Waals surface area contributed by atoms with E-state index in [2.05, 4.69) is 15.6 Å². The summed E-state index contributed by atoms with van der Waals surface area (Å²) in [6.07, 6.45) is -0.0213. The minimum Gasteiger partial charge on any atom is -0.444 e. The lowest BCUT2D eigenvalue weighted by atomic mass is 10.1. The van der Waals surface area contributed by atoms with Crippen LogP contribution in [0.4, 0.5) is 4.79 Å². The summed E-state index contributed by atoms with van der Waals surface area (Å²) in [5.74, 6) is -1.59. The van der Waals surface area contributed by atoms with Crippen molar-refractivity contribution >= 4 is 35.2 Å². The molecule has 4 atom stereocenters. The van der Waals surface area contributed by atoms with Gasteiger partial charge in [-0.1, -0.05) is 0 Å². The number of nitrogens with zero attached hydrogens (tertiary/aromatic N) is 2. The second-order valence-corrected chi connectivity index (χ2v) is 7.28. The predicted octanol–water partition coefficient (Wildman–Crippen LogP) is -0.856. The van der Waals surface area contributed by atoms with Gasteiger partial charge in [0.2, 0.25) is 11.8 Å². The van der Waals surface area contributed by atoms with Gasteiger partial charge in [0.1, 0.15) is 18.2 Å². The number of carbonyl (C=O) groups is 4. The van der Waals surface area contributed by atoms with Crippen LogP contribution in [0.3, 0.4) is 0 Å². The molecule has 4 amide bonds. The van der Waals surface area contributed by atoms with Crippen LogP contribution in [0, 0.1) is 0 Å². The van der Waals surface area contributed by atoms with E-state index in [-0.39, 0.29) is 12.3 Å². The van der Waals surface area contributed by atoms with Crippen LogP contribution in [0.15, 0.2) is 10.9 Å². The van der Waals surface area contributed by atoms with E-state index < -0.39 is 42.1 Å². The van der Waals surface area contributed by atoms with Gasteiger partial charge < -0.3 is 20.7 Å². The van der Waals surface area contributed by atoms with Crippen LogP contribution in [0.25, 0.3) is 0 Å². The maximum Gasteiger partial charge on any atom is 0.408 e. The van der Waals surface area contributed by atoms with Gasteiger partial charge in [-0.05, 0) is 19.8 Å². The molecular weight excluding hydrogens is 374 g/mol. The largest absolute Gasteiger partial charge is 0.444 e. The number of aromatic nitrogens is 1. The van der Waals surface area contributed by atoms with Crippen LogP contribution in [-0.2, 0) is 25.5 Å². The second-order valence-electron chi connectivity index (χ2n) is 6.57. The fourth-order valence-corrected chi connectivity index (χ4v) is 3.81. The van der Waals surface area contributed by atoms with Crippen LogP contribution in [0.2, 0.25) is 0 Å². The van der Waals surface area contributed by atoms with Crippen molar-refractivity contribution in [3.05, 3.63) is 16.6 Å². The molecule has 27 heavy (non-hydrogen) atoms. The van der Waals surface area contributed by atoms with E-state index in [9.17, 15) is 19.2 Å². The monoisotopic (exact) mass is 395 g/mol. The van der Waals surface area contributed by atoms with Gasteiger partial charge in [0.15, 0.2) is 0 Å². The fraction of sp³-hybridized carbons (Fsp3) is 0.562. The number of hydrogen-bond donors (Lipinski definition) is 3. The average molecular weight is 395 g/mol. The zero-order chi connectivity index (χ0) is 19.6. The number of ether oxygens (including phenoxy) is 1. The van der Waals surface area contributed by atoms with Crippen molar-refractivity contribution in [2.75, 3.05) is 6.54 Å². The summed E-state index contributed by atoms with van der Waals surface area (Å²) >= 11 is 1.42. The smallest absolute Gasteiger partial charge is 0.408 e. The van der Waals surface area contributed by atoms with Crippen molar-refractivity contribution in [1.82, 2.24) is 20.5 Å². The number of hydrogen-bond acceptors (Lipinski definition) is 8. The van der Waals surface area contributed by atoms with Crippen molar-refractivity contribution in [3.63, 3.8) is 0 Å². The molecule has 0 aromatic carbocycles. The first kappa shape index (κ1) is 19.2. The van der Waals surface area contributed by atoms with Gasteiger partial charge in [0.25, 0.3) is 5.91 Å². The number of nitrogens with one attached hydrogen (secondary N) is 2. The first-order valence-electron chi connectivity index (χ1n) is 8.62. The molecule has 1 aromatic rings. The predicted molar refractivity (Wildman–Crippen MR) is 94.5 cm³/mol. The number of nitrogens with two attached hydrogens (primary N) is 1. The Morgan fingerprint density at radius 2 is 2.26 bits per heavy atom. The highest BCUT2D eigenvalue weighted by Gasteiger charge is 2.40. The zero-order valence-electron chi connectivity index (χ0n) is 14.7. The van der Waals surface area contributed by atoms with Crippen LogP contribution in [0.1, 0.15) is 25.5 Å². The van der Waals surface area contributed by atoms with Gasteiger partial charge in [-0.2, -0.15) is 0 Å². The van der Waals surface area contributed by atoms with Gasteiger partial charge in [0.05, 0.1) is 17.2 Å². The minimum atomic E-state index is -0.945. The van der Waals surface area contributed by atoms with Gasteiger partial charge in [0, 0.05) is 18.3 Å². The molecule has 2 saturated heterocycles. The van der Waals surface area contributed by atoms with Crippen molar-refractivity contribution in [2.24, 2.45) is 5.73 Å². The van der Waals surface area contributed by atoms with E-state index in [0.29, 0.717) is 19.4 Å². The van der Waals surface area contributed by atoms with E-state index in [1.54, 1.807) is 12.4 Å². The third-order valence-corrected chi connectivity index (χ3v) is 5.27. The number of likely N-dealkylation sites (tertiary alicyclic amines) is 1. The van der Waals surface area contributed by atoms with Gasteiger partial charge in [-0.25, -0.2) is 9.78 Å². The highest BCUT2D eigenvalue weighted by atomic mass is 32.1. The van der Waals surface area contributed by atoms with Crippen LogP contribution >= 0.6 is 11.3 Å². The highest BCUT2D eigenvalue weighted by molar-refractivity contribution is 7.07. The van der Waals surface area contributed by atoms with Crippen molar-refractivity contribution in [1.29, 1.82) is 0 Å². The van der Waals surface area contributed by atoms with E-state index >= 15 is 0 Å². The summed E-state index contributed by atoms with van der Waals surface area (Å²) in [5, 5.41) is 6.43. The molecule has 1 aromatic heterocycles. The number of rotatable bonds is 5. The summed E-state index contributed by atoms with van der Waals surface area (Å²) in [6.45, 7) is 1.95. The molecule has 0 aliphatic carbocycles. The van der Waals surface area contributed by atoms with E-state index in [4.69, 9.17) is 10.5 Å². The summed E-state index contributed by atoms with van der Waals surface area (Å²) in [5.41, 5.74) is 8.38. The molecule has 4 N–H and O–H groups in total. The summed E-state index contributed by atoms with van der Waals surface area (Å²) in [4.78, 5) is 54.1. The first-order chi connectivity index (χ1) is 12.9. The average Bonchev–Trinajstić information content (AvgIpc) is 3.35. The van der Waals surface area contributed by atoms with E-state index in [1.165, 1.54) is 16.2 Å². The molecule has 2 fully saturated rings. The Morgan fingerprint density at radius 3 is 2.89 bits per heavy atom. The Hall–Kier alpha value is -2.53. The molecule has 2 aliphatic heterocycles. The zero-order valence-corrected chi connectivity index (χ0v) is 15.5. The lowest BCUT2D eigenvalue weighted by molar-refractivity contribution is -0.142. The van der Waals surface area contributed by atoms with Crippen molar-refractivity contribution in [2.45, 2.75) is 50.4 Å². The molecule has 0 radical (unpaired) electrons. The Morgan fingerprint density at radius 1 is 1.48 bits per heavy atom. The Kier molecular flexibility index (Phi) is 5.71. The van der Waals surface area contributed by atoms with Crippen LogP contribution in [-0.4, -0.2) is 64.5 Å². The van der Waals surface area contributed by atoms with Gasteiger partial charge in [-0.15, -0.1) is 11.3 Å². The quantitative estimate of drug-likeness (QED) is 0.551. The number of carbonyl (C=O) groups excluding carboxylic acids is 4. The minimum absolute atomic E-state index is 0.287. The maximum absolute atomic E-state index is 12.7. The lowest BCUT2D eigenvalue weighted by Gasteiger charge is -2.26. The third-order valence-electron chi connectivity index (χ3n) is 4.63. The molecule has 0 spiro atoms. The summed E-state index contributed by atoms with van der Waals surface area (Å²) in [6, 6.07) is -2.52. The van der Waals surface area contributed by atoms with E-state index in [1.807, 2.05) is 5.38 Å². The summed E-state index contributed by atoms with van der Waals surface area (Å²) in [7, 11) is 0. The second kappa shape index (κ2) is 8.01. The number of amides is 4. The molecule has 3 rings (SSSR count). The number of alkyl carbamates (subject to hydrolysis) is 1. The number of cyclic esters (lactones) is 1. The van der Waals surface area contributed by atoms with Crippen LogP contribution in [0.5, 0.6) is 0 Å². The van der Waals surface area contributed by atoms with Crippen LogP contribution < -0.4 is 16.4 Å². The molecule has 146 valence electrons. The molecule has 10 nitrogen and oxygen atoms in total. The van der Waals surface area contributed by atoms with Crippen molar-refractivity contribution < 1.29 is 23.9 Å². The highest BCUT2D eigenvalue weighted by Crippen LogP contribution is 2.19. The summed E-state index contributed by atoms with van der Waals surface area (Å²) < 4.78 is 4.83. The Balaban J connectivity index is 1.59. The van der Waals surface area contributed by atoms with Gasteiger partial charge >= 0.3 is 6.09 Å². The molecule has 0 unspecified atom stereocenters. The Labute approximate surface area is 159 Å². The number of thiazole rings is 1. The topological polar surface area (TPSA) is 144 Å². The van der Waals surface area contributed by atoms with Gasteiger partial charge in [-0.3, -0.25) is 19.7 Å². The van der Waals surface area contributed by atoms with Crippen molar-refractivity contribution in [3.8, 4) is 0 Å². The molecule has 3 heterocycles. The maximum atomic E-state index is 12.7. The molecular formula is C16H21N5O5S. The SMILES string of the molecule is C[C@@H]1OC(=O)N[C@@H]1C(=O)NC(=O)[C@@H]1CCCN1C(=O)[C@@H](N)Cc1cscn1. The number of imide groups is 1. The Bertz CT molecular complexity index is 740.